The number of halogens is 2. The van der Waals surface area contributed by atoms with Crippen molar-refractivity contribution in [2.45, 2.75) is 37.1 Å². The maximum atomic E-state index is 12.1. The number of hydrogen-bond donors (Lipinski definition) is 2. The Bertz CT molecular complexity index is 589. The highest BCUT2D eigenvalue weighted by Gasteiger charge is 2.20. The average Bonchev–Trinajstić information content (AvgIpc) is 2.31. The van der Waals surface area contributed by atoms with Gasteiger partial charge in [0.2, 0.25) is 10.0 Å². The highest BCUT2D eigenvalue weighted by atomic mass is 35.5. The molecular weight excluding hydrogens is 325 g/mol. The second kappa shape index (κ2) is 7.26. The van der Waals surface area contributed by atoms with Gasteiger partial charge in [0.25, 0.3) is 0 Å². The molecule has 5 nitrogen and oxygen atoms in total. The predicted octanol–water partition coefficient (Wildman–Crippen LogP) is 2.92. The van der Waals surface area contributed by atoms with E-state index in [-0.39, 0.29) is 21.4 Å². The zero-order valence-corrected chi connectivity index (χ0v) is 13.1. The fraction of sp³-hybridized carbons (Fsp3) is 0.417. The van der Waals surface area contributed by atoms with E-state index >= 15 is 0 Å². The minimum atomic E-state index is -3.78. The summed E-state index contributed by atoms with van der Waals surface area (Å²) in [5, 5.41) is 8.89. The molecule has 0 aliphatic heterocycles. The Hall–Kier alpha value is -0.820. The smallest absolute Gasteiger partial charge is 0.303 e. The van der Waals surface area contributed by atoms with Crippen molar-refractivity contribution >= 4 is 39.2 Å². The number of carboxylic acids is 1. The van der Waals surface area contributed by atoms with Crippen LogP contribution >= 0.6 is 23.2 Å². The zero-order chi connectivity index (χ0) is 15.3. The SMILES string of the molecule is CC(CCCC(=O)O)NS(=O)(=O)c1cc(Cl)ccc1Cl. The third-order valence-corrected chi connectivity index (χ3v) is 4.87. The van der Waals surface area contributed by atoms with Crippen LogP contribution < -0.4 is 4.72 Å². The largest absolute Gasteiger partial charge is 0.481 e. The van der Waals surface area contributed by atoms with Crippen molar-refractivity contribution in [3.63, 3.8) is 0 Å². The third kappa shape index (κ3) is 5.28. The molecule has 112 valence electrons. The first-order chi connectivity index (χ1) is 9.22. The fourth-order valence-corrected chi connectivity index (χ4v) is 3.67. The van der Waals surface area contributed by atoms with Gasteiger partial charge in [0.05, 0.1) is 5.02 Å². The lowest BCUT2D eigenvalue weighted by Gasteiger charge is -2.14. The van der Waals surface area contributed by atoms with Crippen LogP contribution in [0.25, 0.3) is 0 Å². The molecule has 0 amide bonds. The molecule has 0 aromatic heterocycles. The van der Waals surface area contributed by atoms with Gasteiger partial charge in [0.15, 0.2) is 0 Å². The molecule has 0 aliphatic rings. The van der Waals surface area contributed by atoms with Gasteiger partial charge in [0.1, 0.15) is 4.90 Å². The summed E-state index contributed by atoms with van der Waals surface area (Å²) < 4.78 is 26.7. The topological polar surface area (TPSA) is 83.5 Å². The van der Waals surface area contributed by atoms with Gasteiger partial charge < -0.3 is 5.11 Å². The van der Waals surface area contributed by atoms with Gasteiger partial charge in [-0.2, -0.15) is 0 Å². The van der Waals surface area contributed by atoms with Crippen LogP contribution in [0, 0.1) is 0 Å². The van der Waals surface area contributed by atoms with Gasteiger partial charge >= 0.3 is 5.97 Å². The number of carbonyl (C=O) groups is 1. The molecule has 0 saturated heterocycles. The normalized spacial score (nSPS) is 13.2. The molecule has 0 aliphatic carbocycles. The van der Waals surface area contributed by atoms with Crippen molar-refractivity contribution in [2.24, 2.45) is 0 Å². The van der Waals surface area contributed by atoms with Crippen molar-refractivity contribution in [2.75, 3.05) is 0 Å². The van der Waals surface area contributed by atoms with E-state index in [1.54, 1.807) is 6.92 Å². The van der Waals surface area contributed by atoms with Crippen LogP contribution in [0.1, 0.15) is 26.2 Å². The van der Waals surface area contributed by atoms with Crippen LogP contribution in [0.3, 0.4) is 0 Å². The molecule has 1 aromatic carbocycles. The summed E-state index contributed by atoms with van der Waals surface area (Å²) in [6.07, 6.45) is 0.815. The molecule has 20 heavy (non-hydrogen) atoms. The summed E-state index contributed by atoms with van der Waals surface area (Å²) in [6.45, 7) is 1.66. The second-order valence-corrected chi connectivity index (χ2v) is 6.91. The first kappa shape index (κ1) is 17.2. The van der Waals surface area contributed by atoms with E-state index in [1.165, 1.54) is 18.2 Å². The Labute approximate surface area is 127 Å². The van der Waals surface area contributed by atoms with Crippen molar-refractivity contribution in [3.8, 4) is 0 Å². The first-order valence-corrected chi connectivity index (χ1v) is 8.15. The van der Waals surface area contributed by atoms with Crippen molar-refractivity contribution in [1.82, 2.24) is 4.72 Å². The summed E-state index contributed by atoms with van der Waals surface area (Å²) in [7, 11) is -3.78. The predicted molar refractivity (Wildman–Crippen MR) is 77.7 cm³/mol. The van der Waals surface area contributed by atoms with E-state index in [0.29, 0.717) is 12.8 Å². The molecule has 0 spiro atoms. The lowest BCUT2D eigenvalue weighted by molar-refractivity contribution is -0.137. The van der Waals surface area contributed by atoms with Crippen molar-refractivity contribution < 1.29 is 18.3 Å². The summed E-state index contributed by atoms with van der Waals surface area (Å²) in [5.41, 5.74) is 0. The Morgan fingerprint density at radius 1 is 1.40 bits per heavy atom. The number of nitrogens with one attached hydrogen (secondary N) is 1. The van der Waals surface area contributed by atoms with Gasteiger partial charge in [-0.25, -0.2) is 13.1 Å². The monoisotopic (exact) mass is 339 g/mol. The number of carboxylic acid groups (broad SMARTS) is 1. The van der Waals surface area contributed by atoms with Crippen LogP contribution in [-0.4, -0.2) is 25.5 Å². The minimum Gasteiger partial charge on any atom is -0.481 e. The molecule has 8 heteroatoms. The molecule has 2 N–H and O–H groups in total. The van der Waals surface area contributed by atoms with E-state index in [0.717, 1.165) is 0 Å². The molecule has 0 bridgehead atoms. The van der Waals surface area contributed by atoms with Crippen LogP contribution in [-0.2, 0) is 14.8 Å². The number of aliphatic carboxylic acids is 1. The Balaban J connectivity index is 2.74. The van der Waals surface area contributed by atoms with Crippen molar-refractivity contribution in [1.29, 1.82) is 0 Å². The van der Waals surface area contributed by atoms with E-state index in [9.17, 15) is 13.2 Å². The van der Waals surface area contributed by atoms with Gasteiger partial charge in [0, 0.05) is 17.5 Å². The molecule has 0 radical (unpaired) electrons. The van der Waals surface area contributed by atoms with Crippen LogP contribution in [0.15, 0.2) is 23.1 Å². The first-order valence-electron chi connectivity index (χ1n) is 5.91. The molecule has 0 fully saturated rings. The number of hydrogen-bond acceptors (Lipinski definition) is 3. The number of sulfonamides is 1. The highest BCUT2D eigenvalue weighted by molar-refractivity contribution is 7.89. The minimum absolute atomic E-state index is 0.00396. The number of benzene rings is 1. The number of rotatable bonds is 7. The quantitative estimate of drug-likeness (QED) is 0.799. The molecule has 1 rings (SSSR count). The third-order valence-electron chi connectivity index (χ3n) is 2.57. The maximum absolute atomic E-state index is 12.1. The lowest BCUT2D eigenvalue weighted by atomic mass is 10.1. The molecule has 1 aromatic rings. The van der Waals surface area contributed by atoms with E-state index in [2.05, 4.69) is 4.72 Å². The summed E-state index contributed by atoms with van der Waals surface area (Å²) in [6, 6.07) is 3.79. The van der Waals surface area contributed by atoms with E-state index in [4.69, 9.17) is 28.3 Å². The summed E-state index contributed by atoms with van der Waals surface area (Å²) >= 11 is 11.6. The van der Waals surface area contributed by atoms with Crippen LogP contribution in [0.5, 0.6) is 0 Å². The fourth-order valence-electron chi connectivity index (χ4n) is 1.63. The standard InChI is InChI=1S/C12H15Cl2NO4S/c1-8(3-2-4-12(16)17)15-20(18,19)11-7-9(13)5-6-10(11)14/h5-8,15H,2-4H2,1H3,(H,16,17). The maximum Gasteiger partial charge on any atom is 0.303 e. The van der Waals surface area contributed by atoms with E-state index < -0.39 is 22.0 Å². The lowest BCUT2D eigenvalue weighted by Crippen LogP contribution is -2.32. The highest BCUT2D eigenvalue weighted by Crippen LogP contribution is 2.25. The molecule has 0 heterocycles. The zero-order valence-electron chi connectivity index (χ0n) is 10.8. The Morgan fingerprint density at radius 3 is 2.65 bits per heavy atom. The van der Waals surface area contributed by atoms with Gasteiger partial charge in [-0.15, -0.1) is 0 Å². The molecule has 1 unspecified atom stereocenters. The van der Waals surface area contributed by atoms with Crippen molar-refractivity contribution in [3.05, 3.63) is 28.2 Å². The Kier molecular flexibility index (Phi) is 6.26. The summed E-state index contributed by atoms with van der Waals surface area (Å²) in [4.78, 5) is 10.3. The van der Waals surface area contributed by atoms with Crippen LogP contribution in [0.2, 0.25) is 10.0 Å². The second-order valence-electron chi connectivity index (χ2n) is 4.38. The molecular formula is C12H15Cl2NO4S. The molecule has 1 atom stereocenters. The Morgan fingerprint density at radius 2 is 2.05 bits per heavy atom. The van der Waals surface area contributed by atoms with Gasteiger partial charge in [-0.3, -0.25) is 4.79 Å². The van der Waals surface area contributed by atoms with Gasteiger partial charge in [-0.1, -0.05) is 23.2 Å². The van der Waals surface area contributed by atoms with Crippen LogP contribution in [0.4, 0.5) is 0 Å². The van der Waals surface area contributed by atoms with E-state index in [1.807, 2.05) is 0 Å². The average molecular weight is 340 g/mol. The molecule has 0 saturated carbocycles. The van der Waals surface area contributed by atoms with Gasteiger partial charge in [-0.05, 0) is 38.0 Å². The summed E-state index contributed by atoms with van der Waals surface area (Å²) in [5.74, 6) is -0.905.